The number of carbonyl (C=O) groups is 1. The summed E-state index contributed by atoms with van der Waals surface area (Å²) in [5, 5.41) is 9.32. The van der Waals surface area contributed by atoms with Crippen LogP contribution in [0.5, 0.6) is 5.75 Å². The van der Waals surface area contributed by atoms with Gasteiger partial charge in [-0.15, -0.1) is 0 Å². The molecule has 1 fully saturated rings. The molecule has 3 unspecified atom stereocenters. The fraction of sp³-hybridized carbons (Fsp3) is 0.533. The van der Waals surface area contributed by atoms with Crippen molar-refractivity contribution < 1.29 is 32.5 Å². The van der Waals surface area contributed by atoms with E-state index in [-0.39, 0.29) is 11.3 Å². The maximum absolute atomic E-state index is 13.9. The van der Waals surface area contributed by atoms with Crippen LogP contribution in [0.15, 0.2) is 12.1 Å². The first kappa shape index (κ1) is 16.6. The molecule has 0 radical (unpaired) electrons. The van der Waals surface area contributed by atoms with Gasteiger partial charge in [-0.25, -0.2) is 13.6 Å². The third kappa shape index (κ3) is 2.43. The van der Waals surface area contributed by atoms with Gasteiger partial charge in [-0.3, -0.25) is 0 Å². The fourth-order valence-corrected chi connectivity index (χ4v) is 2.92. The monoisotopic (exact) mass is 318 g/mol. The number of methoxy groups -OCH3 is 1. The van der Waals surface area contributed by atoms with Crippen molar-refractivity contribution in [2.24, 2.45) is 5.92 Å². The largest absolute Gasteiger partial charge is 0.493 e. The number of aliphatic carboxylic acids is 1. The van der Waals surface area contributed by atoms with Crippen molar-refractivity contribution in [3.05, 3.63) is 29.3 Å². The van der Waals surface area contributed by atoms with Gasteiger partial charge in [0.2, 0.25) is 5.82 Å². The van der Waals surface area contributed by atoms with E-state index in [1.54, 1.807) is 6.92 Å². The van der Waals surface area contributed by atoms with Gasteiger partial charge in [0.15, 0.2) is 17.7 Å². The first-order valence-electron chi connectivity index (χ1n) is 6.75. The highest BCUT2D eigenvalue weighted by atomic mass is 19.2. The molecule has 122 valence electrons. The lowest BCUT2D eigenvalue weighted by Gasteiger charge is -2.26. The van der Waals surface area contributed by atoms with Crippen molar-refractivity contribution in [1.29, 1.82) is 0 Å². The lowest BCUT2D eigenvalue weighted by atomic mass is 9.78. The number of rotatable bonds is 4. The Kier molecular flexibility index (Phi) is 4.37. The molecule has 1 heterocycles. The number of benzene rings is 1. The third-order valence-corrected chi connectivity index (χ3v) is 4.38. The van der Waals surface area contributed by atoms with Gasteiger partial charge in [0.05, 0.1) is 12.7 Å². The molecular weight excluding hydrogens is 301 g/mol. The molecule has 1 saturated heterocycles. The molecule has 1 aliphatic rings. The van der Waals surface area contributed by atoms with Crippen LogP contribution < -0.4 is 4.74 Å². The highest BCUT2D eigenvalue weighted by molar-refractivity contribution is 5.75. The highest BCUT2D eigenvalue weighted by Crippen LogP contribution is 2.49. The molecule has 1 aromatic carbocycles. The zero-order valence-corrected chi connectivity index (χ0v) is 12.4. The first-order valence-corrected chi connectivity index (χ1v) is 6.75. The summed E-state index contributed by atoms with van der Waals surface area (Å²) < 4.78 is 50.8. The average molecular weight is 318 g/mol. The number of carboxylic acid groups (broad SMARTS) is 1. The molecule has 2 rings (SSSR count). The van der Waals surface area contributed by atoms with Crippen molar-refractivity contribution in [3.8, 4) is 5.75 Å². The predicted octanol–water partition coefficient (Wildman–Crippen LogP) is 2.90. The summed E-state index contributed by atoms with van der Waals surface area (Å²) in [6, 6.07) is 2.14. The van der Waals surface area contributed by atoms with Gasteiger partial charge in [0.1, 0.15) is 6.67 Å². The van der Waals surface area contributed by atoms with E-state index >= 15 is 0 Å². The number of ether oxygens (including phenoxy) is 2. The Morgan fingerprint density at radius 2 is 2.09 bits per heavy atom. The van der Waals surface area contributed by atoms with Gasteiger partial charge in [0.25, 0.3) is 0 Å². The minimum Gasteiger partial charge on any atom is -0.493 e. The molecule has 1 aromatic rings. The Balaban J connectivity index is 2.58. The van der Waals surface area contributed by atoms with E-state index in [4.69, 9.17) is 9.47 Å². The van der Waals surface area contributed by atoms with Crippen molar-refractivity contribution >= 4 is 5.97 Å². The molecule has 0 aromatic heterocycles. The summed E-state index contributed by atoms with van der Waals surface area (Å²) >= 11 is 0. The summed E-state index contributed by atoms with van der Waals surface area (Å²) in [5.74, 6) is -5.41. The quantitative estimate of drug-likeness (QED) is 0.927. The van der Waals surface area contributed by atoms with Crippen LogP contribution >= 0.6 is 0 Å². The molecule has 0 amide bonds. The smallest absolute Gasteiger partial charge is 0.333 e. The molecular formula is C15H17F3O4. The van der Waals surface area contributed by atoms with E-state index in [1.807, 2.05) is 0 Å². The summed E-state index contributed by atoms with van der Waals surface area (Å²) in [5.41, 5.74) is -1.16. The molecule has 1 aliphatic heterocycles. The number of alkyl halides is 1. The molecule has 0 saturated carbocycles. The number of hydrogen-bond donors (Lipinski definition) is 1. The van der Waals surface area contributed by atoms with Crippen molar-refractivity contribution in [3.63, 3.8) is 0 Å². The van der Waals surface area contributed by atoms with Gasteiger partial charge in [-0.2, -0.15) is 4.39 Å². The SMILES string of the molecule is COc1c(C2C(C(=O)O)O[C@@](C)(CF)C2C)ccc(F)c1F. The van der Waals surface area contributed by atoms with Crippen molar-refractivity contribution in [2.75, 3.05) is 13.8 Å². The van der Waals surface area contributed by atoms with Crippen molar-refractivity contribution in [2.45, 2.75) is 31.5 Å². The first-order chi connectivity index (χ1) is 10.3. The van der Waals surface area contributed by atoms with E-state index in [0.717, 1.165) is 13.2 Å². The Bertz CT molecular complexity index is 592. The maximum Gasteiger partial charge on any atom is 0.333 e. The number of carboxylic acids is 1. The van der Waals surface area contributed by atoms with Crippen LogP contribution in [0.1, 0.15) is 25.3 Å². The number of hydrogen-bond acceptors (Lipinski definition) is 3. The number of halogens is 3. The second kappa shape index (κ2) is 5.79. The second-order valence-corrected chi connectivity index (χ2v) is 5.62. The topological polar surface area (TPSA) is 55.8 Å². The molecule has 4 atom stereocenters. The summed E-state index contributed by atoms with van der Waals surface area (Å²) in [4.78, 5) is 11.4. The van der Waals surface area contributed by atoms with Crippen LogP contribution in [-0.2, 0) is 9.53 Å². The molecule has 0 bridgehead atoms. The normalized spacial score (nSPS) is 31.3. The lowest BCUT2D eigenvalue weighted by Crippen LogP contribution is -2.34. The Morgan fingerprint density at radius 1 is 1.45 bits per heavy atom. The molecule has 4 nitrogen and oxygen atoms in total. The Morgan fingerprint density at radius 3 is 2.59 bits per heavy atom. The van der Waals surface area contributed by atoms with E-state index in [1.165, 1.54) is 13.0 Å². The van der Waals surface area contributed by atoms with Crippen LogP contribution in [0.25, 0.3) is 0 Å². The van der Waals surface area contributed by atoms with Crippen LogP contribution in [0.2, 0.25) is 0 Å². The van der Waals surface area contributed by atoms with Crippen LogP contribution in [0, 0.1) is 17.6 Å². The van der Waals surface area contributed by atoms with Crippen molar-refractivity contribution in [1.82, 2.24) is 0 Å². The summed E-state index contributed by atoms with van der Waals surface area (Å²) in [6.07, 6.45) is -1.37. The van der Waals surface area contributed by atoms with E-state index < -0.39 is 47.8 Å². The van der Waals surface area contributed by atoms with Gasteiger partial charge in [-0.05, 0) is 18.9 Å². The fourth-order valence-electron chi connectivity index (χ4n) is 2.92. The van der Waals surface area contributed by atoms with E-state index in [0.29, 0.717) is 0 Å². The zero-order chi connectivity index (χ0) is 16.7. The third-order valence-electron chi connectivity index (χ3n) is 4.38. The predicted molar refractivity (Wildman–Crippen MR) is 71.7 cm³/mol. The average Bonchev–Trinajstić information content (AvgIpc) is 2.75. The summed E-state index contributed by atoms with van der Waals surface area (Å²) in [7, 11) is 1.16. The van der Waals surface area contributed by atoms with E-state index in [2.05, 4.69) is 0 Å². The molecule has 1 N–H and O–H groups in total. The molecule has 7 heteroatoms. The van der Waals surface area contributed by atoms with E-state index in [9.17, 15) is 23.1 Å². The Hall–Kier alpha value is -1.76. The van der Waals surface area contributed by atoms with Gasteiger partial charge >= 0.3 is 5.97 Å². The summed E-state index contributed by atoms with van der Waals surface area (Å²) in [6.45, 7) is 2.19. The van der Waals surface area contributed by atoms with Crippen LogP contribution in [0.4, 0.5) is 13.2 Å². The second-order valence-electron chi connectivity index (χ2n) is 5.62. The minimum atomic E-state index is -1.37. The van der Waals surface area contributed by atoms with Gasteiger partial charge in [-0.1, -0.05) is 13.0 Å². The van der Waals surface area contributed by atoms with Crippen LogP contribution in [-0.4, -0.2) is 36.6 Å². The standard InChI is InChI=1S/C15H17F3O4/c1-7-10(13(14(19)20)22-15(7,2)6-16)8-4-5-9(17)11(18)12(8)21-3/h4-5,7,10,13H,6H2,1-3H3,(H,19,20)/t7?,10?,13?,15-/m0/s1. The maximum atomic E-state index is 13.9. The molecule has 22 heavy (non-hydrogen) atoms. The van der Waals surface area contributed by atoms with Gasteiger partial charge < -0.3 is 14.6 Å². The van der Waals surface area contributed by atoms with Gasteiger partial charge in [0, 0.05) is 11.5 Å². The zero-order valence-electron chi connectivity index (χ0n) is 12.4. The highest BCUT2D eigenvalue weighted by Gasteiger charge is 2.54. The lowest BCUT2D eigenvalue weighted by molar-refractivity contribution is -0.155. The Labute approximate surface area is 125 Å². The molecule has 0 spiro atoms. The minimum absolute atomic E-state index is 0.151. The molecule has 0 aliphatic carbocycles. The van der Waals surface area contributed by atoms with Crippen LogP contribution in [0.3, 0.4) is 0 Å².